The van der Waals surface area contributed by atoms with Crippen LogP contribution in [-0.2, 0) is 11.3 Å². The Hall–Kier alpha value is -3.60. The summed E-state index contributed by atoms with van der Waals surface area (Å²) in [5.41, 5.74) is 1.38. The highest BCUT2D eigenvalue weighted by Gasteiger charge is 2.30. The van der Waals surface area contributed by atoms with Gasteiger partial charge in [-0.2, -0.15) is 0 Å². The molecule has 0 spiro atoms. The molecule has 0 saturated carbocycles. The van der Waals surface area contributed by atoms with Gasteiger partial charge in [0.1, 0.15) is 18.0 Å². The van der Waals surface area contributed by atoms with Crippen LogP contribution in [0.2, 0.25) is 0 Å². The molecule has 30 heavy (non-hydrogen) atoms. The largest absolute Gasteiger partial charge is 0.573 e. The normalized spacial score (nSPS) is 11.0. The van der Waals surface area contributed by atoms with Crippen molar-refractivity contribution in [3.8, 4) is 23.3 Å². The first-order valence-corrected chi connectivity index (χ1v) is 9.09. The molecule has 1 N–H and O–H groups in total. The monoisotopic (exact) mass is 417 g/mol. The van der Waals surface area contributed by atoms with Crippen LogP contribution < -0.4 is 9.47 Å². The standard InChI is InChI=1S/C22H18F3NO4/c23-22(24,25)30-17-10-8-16(9-11-17)5-2-1-3-14-29-20-7-4-6-19-18(20)12-13-26(19)15-21(27)28/h4,6-13H,1,3,14-15H2,(H,27,28). The Kier molecular flexibility index (Phi) is 6.52. The summed E-state index contributed by atoms with van der Waals surface area (Å²) < 4.78 is 47.7. The molecule has 0 aliphatic rings. The Morgan fingerprint density at radius 2 is 1.87 bits per heavy atom. The van der Waals surface area contributed by atoms with Gasteiger partial charge in [0.15, 0.2) is 0 Å². The molecule has 0 aliphatic carbocycles. The van der Waals surface area contributed by atoms with Gasteiger partial charge in [0.25, 0.3) is 0 Å². The average molecular weight is 417 g/mol. The second-order valence-electron chi connectivity index (χ2n) is 6.35. The molecule has 3 rings (SSSR count). The second kappa shape index (κ2) is 9.27. The van der Waals surface area contributed by atoms with Crippen LogP contribution in [0.4, 0.5) is 13.2 Å². The first kappa shape index (κ1) is 21.1. The number of carboxylic acid groups (broad SMARTS) is 1. The molecule has 0 fully saturated rings. The van der Waals surface area contributed by atoms with Gasteiger partial charge < -0.3 is 19.1 Å². The van der Waals surface area contributed by atoms with E-state index in [-0.39, 0.29) is 12.3 Å². The molecular formula is C22H18F3NO4. The Morgan fingerprint density at radius 1 is 1.10 bits per heavy atom. The summed E-state index contributed by atoms with van der Waals surface area (Å²) in [5.74, 6) is 5.31. The molecule has 2 aromatic carbocycles. The number of unbranched alkanes of at least 4 members (excludes halogenated alkanes) is 1. The lowest BCUT2D eigenvalue weighted by molar-refractivity contribution is -0.274. The summed E-state index contributed by atoms with van der Waals surface area (Å²) in [6, 6.07) is 12.7. The minimum absolute atomic E-state index is 0.119. The summed E-state index contributed by atoms with van der Waals surface area (Å²) in [6.45, 7) is 0.308. The van der Waals surface area contributed by atoms with Crippen molar-refractivity contribution < 1.29 is 32.5 Å². The van der Waals surface area contributed by atoms with Gasteiger partial charge in [-0.15, -0.1) is 13.2 Å². The van der Waals surface area contributed by atoms with Gasteiger partial charge in [-0.25, -0.2) is 0 Å². The molecule has 156 valence electrons. The van der Waals surface area contributed by atoms with Crippen molar-refractivity contribution in [3.63, 3.8) is 0 Å². The van der Waals surface area contributed by atoms with E-state index in [1.165, 1.54) is 24.3 Å². The van der Waals surface area contributed by atoms with Crippen molar-refractivity contribution in [2.45, 2.75) is 25.7 Å². The topological polar surface area (TPSA) is 60.7 Å². The number of aromatic nitrogens is 1. The Balaban J connectivity index is 1.49. The fourth-order valence-corrected chi connectivity index (χ4v) is 2.85. The fraction of sp³-hybridized carbons (Fsp3) is 0.227. The third kappa shape index (κ3) is 5.95. The van der Waals surface area contributed by atoms with E-state index in [9.17, 15) is 18.0 Å². The van der Waals surface area contributed by atoms with Crippen LogP contribution in [0.15, 0.2) is 54.7 Å². The lowest BCUT2D eigenvalue weighted by Crippen LogP contribution is -2.16. The summed E-state index contributed by atoms with van der Waals surface area (Å²) in [7, 11) is 0. The molecule has 1 heterocycles. The first-order chi connectivity index (χ1) is 14.3. The number of nitrogens with zero attached hydrogens (tertiary/aromatic N) is 1. The Labute approximate surface area is 170 Å². The van der Waals surface area contributed by atoms with E-state index < -0.39 is 12.3 Å². The van der Waals surface area contributed by atoms with Crippen molar-refractivity contribution in [2.75, 3.05) is 6.61 Å². The number of hydrogen-bond acceptors (Lipinski definition) is 3. The van der Waals surface area contributed by atoms with E-state index in [4.69, 9.17) is 9.84 Å². The molecule has 8 heteroatoms. The molecule has 0 unspecified atom stereocenters. The highest BCUT2D eigenvalue weighted by molar-refractivity contribution is 5.87. The van der Waals surface area contributed by atoms with E-state index in [2.05, 4.69) is 16.6 Å². The van der Waals surface area contributed by atoms with Crippen LogP contribution >= 0.6 is 0 Å². The van der Waals surface area contributed by atoms with E-state index in [0.717, 1.165) is 10.9 Å². The number of benzene rings is 2. The highest BCUT2D eigenvalue weighted by atomic mass is 19.4. The van der Waals surface area contributed by atoms with Crippen molar-refractivity contribution >= 4 is 16.9 Å². The summed E-state index contributed by atoms with van der Waals surface area (Å²) in [5, 5.41) is 9.80. The fourth-order valence-electron chi connectivity index (χ4n) is 2.85. The number of carbonyl (C=O) groups is 1. The number of aliphatic carboxylic acids is 1. The van der Waals surface area contributed by atoms with Crippen LogP contribution in [0.1, 0.15) is 18.4 Å². The maximum Gasteiger partial charge on any atom is 0.573 e. The van der Waals surface area contributed by atoms with Crippen LogP contribution in [0.3, 0.4) is 0 Å². The lowest BCUT2D eigenvalue weighted by atomic mass is 10.2. The van der Waals surface area contributed by atoms with Gasteiger partial charge in [0.2, 0.25) is 0 Å². The number of fused-ring (bicyclic) bond motifs is 1. The van der Waals surface area contributed by atoms with Crippen LogP contribution in [0.5, 0.6) is 11.5 Å². The maximum absolute atomic E-state index is 12.1. The molecule has 0 radical (unpaired) electrons. The van der Waals surface area contributed by atoms with Crippen LogP contribution in [-0.4, -0.2) is 28.6 Å². The zero-order valence-corrected chi connectivity index (χ0v) is 15.8. The number of hydrogen-bond donors (Lipinski definition) is 1. The van der Waals surface area contributed by atoms with Crippen molar-refractivity contribution in [1.29, 1.82) is 0 Å². The smallest absolute Gasteiger partial charge is 0.493 e. The third-order valence-electron chi connectivity index (χ3n) is 4.10. The van der Waals surface area contributed by atoms with Gasteiger partial charge in [-0.05, 0) is 48.9 Å². The first-order valence-electron chi connectivity index (χ1n) is 9.09. The van der Waals surface area contributed by atoms with Gasteiger partial charge in [0.05, 0.1) is 12.1 Å². The molecular weight excluding hydrogens is 399 g/mol. The number of alkyl halides is 3. The van der Waals surface area contributed by atoms with Gasteiger partial charge >= 0.3 is 12.3 Å². The molecule has 0 saturated heterocycles. The maximum atomic E-state index is 12.1. The van der Waals surface area contributed by atoms with E-state index in [1.54, 1.807) is 10.8 Å². The number of ether oxygens (including phenoxy) is 2. The zero-order valence-electron chi connectivity index (χ0n) is 15.8. The van der Waals surface area contributed by atoms with Crippen LogP contribution in [0, 0.1) is 11.8 Å². The quantitative estimate of drug-likeness (QED) is 0.442. The summed E-state index contributed by atoms with van der Waals surface area (Å²) >= 11 is 0. The zero-order chi connectivity index (χ0) is 21.6. The van der Waals surface area contributed by atoms with E-state index >= 15 is 0 Å². The highest BCUT2D eigenvalue weighted by Crippen LogP contribution is 2.27. The second-order valence-corrected chi connectivity index (χ2v) is 6.35. The van der Waals surface area contributed by atoms with E-state index in [1.807, 2.05) is 24.3 Å². The number of halogens is 3. The molecule has 1 aromatic heterocycles. The number of carboxylic acids is 1. The van der Waals surface area contributed by atoms with Gasteiger partial charge in [-0.3, -0.25) is 4.79 Å². The van der Waals surface area contributed by atoms with E-state index in [0.29, 0.717) is 30.8 Å². The minimum atomic E-state index is -4.71. The molecule has 0 atom stereocenters. The summed E-state index contributed by atoms with van der Waals surface area (Å²) in [4.78, 5) is 10.9. The molecule has 0 aliphatic heterocycles. The van der Waals surface area contributed by atoms with Gasteiger partial charge in [0, 0.05) is 23.6 Å². The molecule has 0 amide bonds. The number of rotatable bonds is 7. The SMILES string of the molecule is O=C(O)Cn1ccc2c(OCCCC#Cc3ccc(OC(F)(F)F)cc3)cccc21. The summed E-state index contributed by atoms with van der Waals surface area (Å²) in [6.07, 6.45) is -1.79. The van der Waals surface area contributed by atoms with Crippen molar-refractivity contribution in [1.82, 2.24) is 4.57 Å². The minimum Gasteiger partial charge on any atom is -0.493 e. The average Bonchev–Trinajstić information content (AvgIpc) is 3.07. The molecule has 3 aromatic rings. The van der Waals surface area contributed by atoms with Crippen molar-refractivity contribution in [3.05, 3.63) is 60.3 Å². The lowest BCUT2D eigenvalue weighted by Gasteiger charge is -2.08. The van der Waals surface area contributed by atoms with Gasteiger partial charge in [-0.1, -0.05) is 17.9 Å². The van der Waals surface area contributed by atoms with Crippen molar-refractivity contribution in [2.24, 2.45) is 0 Å². The Bertz CT molecular complexity index is 1080. The molecule has 5 nitrogen and oxygen atoms in total. The third-order valence-corrected chi connectivity index (χ3v) is 4.10. The van der Waals surface area contributed by atoms with Crippen LogP contribution in [0.25, 0.3) is 10.9 Å². The Morgan fingerprint density at radius 3 is 2.57 bits per heavy atom. The predicted octanol–water partition coefficient (Wildman–Crippen LogP) is 4.84. The molecule has 0 bridgehead atoms. The predicted molar refractivity (Wildman–Crippen MR) is 104 cm³/mol.